The van der Waals surface area contributed by atoms with Crippen molar-refractivity contribution in [2.24, 2.45) is 0 Å². The van der Waals surface area contributed by atoms with E-state index < -0.39 is 0 Å². The van der Waals surface area contributed by atoms with Crippen LogP contribution in [0, 0.1) is 0 Å². The molecule has 0 aliphatic heterocycles. The molecule has 0 spiro atoms. The number of ether oxygens (including phenoxy) is 2. The highest BCUT2D eigenvalue weighted by atomic mass is 16.5. The monoisotopic (exact) mass is 201 g/mol. The molecule has 1 fully saturated rings. The smallest absolute Gasteiger partial charge is 0.0987 e. The van der Waals surface area contributed by atoms with E-state index in [2.05, 4.69) is 26.1 Å². The number of rotatable bonds is 6. The van der Waals surface area contributed by atoms with E-state index in [1.807, 2.05) is 0 Å². The summed E-state index contributed by atoms with van der Waals surface area (Å²) in [4.78, 5) is 0. The zero-order valence-electron chi connectivity index (χ0n) is 9.75. The first-order valence-corrected chi connectivity index (χ1v) is 5.60. The fourth-order valence-corrected chi connectivity index (χ4v) is 1.91. The van der Waals surface area contributed by atoms with Crippen LogP contribution in [-0.4, -0.2) is 38.0 Å². The molecule has 0 aromatic carbocycles. The molecule has 0 saturated heterocycles. The first-order valence-electron chi connectivity index (χ1n) is 5.60. The normalized spacial score (nSPS) is 31.9. The molecule has 1 aliphatic carbocycles. The minimum absolute atomic E-state index is 0.240. The number of methoxy groups -OCH3 is 1. The van der Waals surface area contributed by atoms with E-state index in [1.165, 1.54) is 6.42 Å². The molecule has 84 valence electrons. The minimum atomic E-state index is 0.240. The average Bonchev–Trinajstić information content (AvgIpc) is 2.10. The third-order valence-corrected chi connectivity index (χ3v) is 2.62. The average molecular weight is 201 g/mol. The maximum Gasteiger partial charge on any atom is 0.0987 e. The summed E-state index contributed by atoms with van der Waals surface area (Å²) < 4.78 is 11.2. The zero-order chi connectivity index (χ0) is 10.6. The van der Waals surface area contributed by atoms with Crippen molar-refractivity contribution in [2.75, 3.05) is 13.7 Å². The molecule has 14 heavy (non-hydrogen) atoms. The molecule has 1 rings (SSSR count). The van der Waals surface area contributed by atoms with Crippen molar-refractivity contribution in [3.8, 4) is 0 Å². The van der Waals surface area contributed by atoms with Crippen LogP contribution in [0.3, 0.4) is 0 Å². The van der Waals surface area contributed by atoms with E-state index in [-0.39, 0.29) is 12.2 Å². The van der Waals surface area contributed by atoms with Crippen LogP contribution in [0.2, 0.25) is 0 Å². The predicted molar refractivity (Wildman–Crippen MR) is 57.5 cm³/mol. The highest BCUT2D eigenvalue weighted by molar-refractivity contribution is 4.97. The SMILES string of the molecule is CCCNC1CC(OC(C)C)C1OC. The first-order chi connectivity index (χ1) is 6.69. The second kappa shape index (κ2) is 5.69. The van der Waals surface area contributed by atoms with Crippen molar-refractivity contribution in [3.05, 3.63) is 0 Å². The summed E-state index contributed by atoms with van der Waals surface area (Å²) in [6.07, 6.45) is 3.07. The molecule has 0 aromatic rings. The lowest BCUT2D eigenvalue weighted by atomic mass is 9.85. The van der Waals surface area contributed by atoms with Gasteiger partial charge in [-0.2, -0.15) is 0 Å². The van der Waals surface area contributed by atoms with Crippen molar-refractivity contribution < 1.29 is 9.47 Å². The topological polar surface area (TPSA) is 30.5 Å². The minimum Gasteiger partial charge on any atom is -0.377 e. The Morgan fingerprint density at radius 1 is 1.43 bits per heavy atom. The van der Waals surface area contributed by atoms with Gasteiger partial charge in [0.05, 0.1) is 18.3 Å². The van der Waals surface area contributed by atoms with Crippen molar-refractivity contribution >= 4 is 0 Å². The van der Waals surface area contributed by atoms with Gasteiger partial charge < -0.3 is 14.8 Å². The second-order valence-corrected chi connectivity index (χ2v) is 4.22. The van der Waals surface area contributed by atoms with Crippen molar-refractivity contribution in [2.45, 2.75) is 58.0 Å². The van der Waals surface area contributed by atoms with Gasteiger partial charge >= 0.3 is 0 Å². The van der Waals surface area contributed by atoms with Crippen LogP contribution in [0.5, 0.6) is 0 Å². The van der Waals surface area contributed by atoms with Gasteiger partial charge in [0.1, 0.15) is 0 Å². The maximum absolute atomic E-state index is 5.73. The number of nitrogens with one attached hydrogen (secondary N) is 1. The molecule has 3 atom stereocenters. The lowest BCUT2D eigenvalue weighted by molar-refractivity contribution is -0.150. The molecule has 0 heterocycles. The molecular formula is C11H23NO2. The lowest BCUT2D eigenvalue weighted by Gasteiger charge is -2.44. The maximum atomic E-state index is 5.73. The van der Waals surface area contributed by atoms with Crippen LogP contribution in [0.25, 0.3) is 0 Å². The van der Waals surface area contributed by atoms with Crippen molar-refractivity contribution in [1.29, 1.82) is 0 Å². The van der Waals surface area contributed by atoms with Crippen LogP contribution < -0.4 is 5.32 Å². The van der Waals surface area contributed by atoms with Gasteiger partial charge in [-0.25, -0.2) is 0 Å². The van der Waals surface area contributed by atoms with E-state index in [0.717, 1.165) is 13.0 Å². The molecule has 0 aromatic heterocycles. The molecule has 1 saturated carbocycles. The predicted octanol–water partition coefficient (Wildman–Crippen LogP) is 1.57. The molecule has 0 bridgehead atoms. The molecule has 3 nitrogen and oxygen atoms in total. The Kier molecular flexibility index (Phi) is 4.85. The van der Waals surface area contributed by atoms with Gasteiger partial charge in [-0.1, -0.05) is 6.92 Å². The summed E-state index contributed by atoms with van der Waals surface area (Å²) >= 11 is 0. The Balaban J connectivity index is 2.25. The number of hydrogen-bond donors (Lipinski definition) is 1. The Bertz CT molecular complexity index is 161. The van der Waals surface area contributed by atoms with Crippen molar-refractivity contribution in [1.82, 2.24) is 5.32 Å². The van der Waals surface area contributed by atoms with E-state index in [1.54, 1.807) is 7.11 Å². The van der Waals surface area contributed by atoms with Gasteiger partial charge in [0.2, 0.25) is 0 Å². The highest BCUT2D eigenvalue weighted by Crippen LogP contribution is 2.27. The molecule has 3 unspecified atom stereocenters. The lowest BCUT2D eigenvalue weighted by Crippen LogP contribution is -2.60. The summed E-state index contributed by atoms with van der Waals surface area (Å²) in [5.41, 5.74) is 0. The molecular weight excluding hydrogens is 178 g/mol. The molecule has 0 amide bonds. The summed E-state index contributed by atoms with van der Waals surface area (Å²) in [6.45, 7) is 7.38. The van der Waals surface area contributed by atoms with Crippen LogP contribution in [0.4, 0.5) is 0 Å². The fourth-order valence-electron chi connectivity index (χ4n) is 1.91. The van der Waals surface area contributed by atoms with Crippen LogP contribution in [-0.2, 0) is 9.47 Å². The summed E-state index contributed by atoms with van der Waals surface area (Å²) in [7, 11) is 1.77. The second-order valence-electron chi connectivity index (χ2n) is 4.22. The highest BCUT2D eigenvalue weighted by Gasteiger charge is 2.42. The third kappa shape index (κ3) is 2.94. The Morgan fingerprint density at radius 2 is 2.14 bits per heavy atom. The molecule has 1 N–H and O–H groups in total. The third-order valence-electron chi connectivity index (χ3n) is 2.62. The molecule has 1 aliphatic rings. The number of hydrogen-bond acceptors (Lipinski definition) is 3. The quantitative estimate of drug-likeness (QED) is 0.707. The largest absolute Gasteiger partial charge is 0.377 e. The molecule has 0 radical (unpaired) electrons. The Morgan fingerprint density at radius 3 is 2.64 bits per heavy atom. The summed E-state index contributed by atoms with van der Waals surface area (Å²) in [5.74, 6) is 0. The molecule has 3 heteroatoms. The van der Waals surface area contributed by atoms with Gasteiger partial charge in [-0.3, -0.25) is 0 Å². The van der Waals surface area contributed by atoms with Gasteiger partial charge in [-0.15, -0.1) is 0 Å². The van der Waals surface area contributed by atoms with Gasteiger partial charge in [0, 0.05) is 13.2 Å². The van der Waals surface area contributed by atoms with E-state index in [4.69, 9.17) is 9.47 Å². The standard InChI is InChI=1S/C11H23NO2/c1-5-6-12-9-7-10(11(9)13-4)14-8(2)3/h8-12H,5-7H2,1-4H3. The summed E-state index contributed by atoms with van der Waals surface area (Å²) in [5, 5.41) is 3.47. The van der Waals surface area contributed by atoms with Gasteiger partial charge in [-0.05, 0) is 33.2 Å². The van der Waals surface area contributed by atoms with Crippen molar-refractivity contribution in [3.63, 3.8) is 0 Å². The summed E-state index contributed by atoms with van der Waals surface area (Å²) in [6, 6.07) is 0.490. The zero-order valence-corrected chi connectivity index (χ0v) is 9.75. The van der Waals surface area contributed by atoms with Crippen LogP contribution >= 0.6 is 0 Å². The Hall–Kier alpha value is -0.120. The first kappa shape index (κ1) is 12.0. The van der Waals surface area contributed by atoms with Crippen LogP contribution in [0.1, 0.15) is 33.6 Å². The van der Waals surface area contributed by atoms with E-state index in [9.17, 15) is 0 Å². The van der Waals surface area contributed by atoms with Gasteiger partial charge in [0.15, 0.2) is 0 Å². The van der Waals surface area contributed by atoms with E-state index in [0.29, 0.717) is 12.1 Å². The Labute approximate surface area is 87.2 Å². The van der Waals surface area contributed by atoms with E-state index >= 15 is 0 Å². The van der Waals surface area contributed by atoms with Crippen LogP contribution in [0.15, 0.2) is 0 Å². The fraction of sp³-hybridized carbons (Fsp3) is 1.00. The van der Waals surface area contributed by atoms with Gasteiger partial charge in [0.25, 0.3) is 0 Å².